The van der Waals surface area contributed by atoms with E-state index in [1.54, 1.807) is 25.4 Å². The highest BCUT2D eigenvalue weighted by Crippen LogP contribution is 2.19. The minimum Gasteiger partial charge on any atom is -0.481 e. The van der Waals surface area contributed by atoms with Gasteiger partial charge in [-0.05, 0) is 23.6 Å². The summed E-state index contributed by atoms with van der Waals surface area (Å²) in [6.07, 6.45) is 2.53. The lowest BCUT2D eigenvalue weighted by molar-refractivity contribution is -0.115. The number of amides is 2. The highest BCUT2D eigenvalue weighted by molar-refractivity contribution is 6.38. The zero-order valence-electron chi connectivity index (χ0n) is 20.5. The molecule has 0 aliphatic rings. The number of ether oxygens (including phenoxy) is 2. The van der Waals surface area contributed by atoms with E-state index in [1.165, 1.54) is 24.8 Å². The van der Waals surface area contributed by atoms with Crippen molar-refractivity contribution < 1.29 is 19.1 Å². The smallest absolute Gasteiger partial charge is 0.267 e. The molecule has 0 saturated carbocycles. The lowest BCUT2D eigenvalue weighted by Crippen LogP contribution is -2.46. The van der Waals surface area contributed by atoms with Crippen LogP contribution < -0.4 is 25.9 Å². The zero-order chi connectivity index (χ0) is 25.8. The van der Waals surface area contributed by atoms with Crippen LogP contribution in [-0.2, 0) is 11.2 Å². The van der Waals surface area contributed by atoms with Gasteiger partial charge in [0, 0.05) is 32.4 Å². The Bertz CT molecular complexity index is 1040. The maximum absolute atomic E-state index is 12.6. The van der Waals surface area contributed by atoms with Crippen molar-refractivity contribution in [1.82, 2.24) is 20.6 Å². The van der Waals surface area contributed by atoms with Crippen LogP contribution in [-0.4, -0.2) is 74.6 Å². The molecule has 188 valence electrons. The molecule has 5 N–H and O–H groups in total. The Morgan fingerprint density at radius 3 is 2.51 bits per heavy atom. The summed E-state index contributed by atoms with van der Waals surface area (Å²) in [5.74, 6) is 5.46. The van der Waals surface area contributed by atoms with Gasteiger partial charge < -0.3 is 20.1 Å². The van der Waals surface area contributed by atoms with Gasteiger partial charge in [-0.2, -0.15) is 4.98 Å². The molecule has 11 nitrogen and oxygen atoms in total. The second kappa shape index (κ2) is 13.8. The van der Waals surface area contributed by atoms with Crippen molar-refractivity contribution >= 4 is 23.7 Å². The number of hydrogen-bond acceptors (Lipinski definition) is 9. The summed E-state index contributed by atoms with van der Waals surface area (Å²) < 4.78 is 10.2. The molecule has 0 spiro atoms. The van der Waals surface area contributed by atoms with Crippen LogP contribution in [0.15, 0.2) is 41.4 Å². The van der Waals surface area contributed by atoms with Crippen LogP contribution in [0.1, 0.15) is 34.5 Å². The summed E-state index contributed by atoms with van der Waals surface area (Å²) in [7, 11) is 4.50. The lowest BCUT2D eigenvalue weighted by Gasteiger charge is -2.19. The molecule has 1 atom stereocenters. The lowest BCUT2D eigenvalue weighted by atomic mass is 10.0. The summed E-state index contributed by atoms with van der Waals surface area (Å²) in [5, 5.41) is 14.9. The van der Waals surface area contributed by atoms with E-state index in [9.17, 15) is 9.59 Å². The van der Waals surface area contributed by atoms with Crippen LogP contribution in [0, 0.1) is 5.41 Å². The Balaban J connectivity index is 1.86. The van der Waals surface area contributed by atoms with Crippen LogP contribution in [0.2, 0.25) is 0 Å². The van der Waals surface area contributed by atoms with Gasteiger partial charge in [-0.3, -0.25) is 25.8 Å². The number of aromatic nitrogens is 1. The zero-order valence-corrected chi connectivity index (χ0v) is 20.5. The molecular weight excluding hydrogens is 450 g/mol. The van der Waals surface area contributed by atoms with Crippen LogP contribution in [0.4, 0.5) is 0 Å². The number of nitrogens with zero attached hydrogens (tertiary/aromatic N) is 3. The highest BCUT2D eigenvalue weighted by atomic mass is 16.5. The van der Waals surface area contributed by atoms with Gasteiger partial charge in [0.2, 0.25) is 11.8 Å². The van der Waals surface area contributed by atoms with Crippen molar-refractivity contribution in [3.8, 4) is 11.8 Å². The van der Waals surface area contributed by atoms with E-state index < -0.39 is 17.9 Å². The number of methoxy groups -OCH3 is 2. The van der Waals surface area contributed by atoms with E-state index in [1.807, 2.05) is 24.3 Å². The predicted molar refractivity (Wildman–Crippen MR) is 134 cm³/mol. The molecule has 0 saturated heterocycles. The number of aryl methyl sites for hydroxylation is 1. The molecule has 0 aliphatic carbocycles. The first kappa shape index (κ1) is 27.4. The number of aliphatic imine (C=N–C) groups is 1. The fourth-order valence-corrected chi connectivity index (χ4v) is 3.17. The van der Waals surface area contributed by atoms with E-state index >= 15 is 0 Å². The average Bonchev–Trinajstić information content (AvgIpc) is 2.87. The second-order valence-corrected chi connectivity index (χ2v) is 7.57. The Morgan fingerprint density at radius 2 is 1.91 bits per heavy atom. The third-order valence-corrected chi connectivity index (χ3v) is 5.13. The standard InChI is InChI=1S/C24H33N7O4/c1-5-16-6-8-17(9-7-16)20(14-27-2)29-23(33)19(25)15-31(26)13-12-28-22(32)18-10-11-21(34-3)30-24(18)35-4/h6-11,14,20,25H,5,12-13,15,26H2,1-4H3,(H,28,32)(H,29,33). The predicted octanol–water partition coefficient (Wildman–Crippen LogP) is 1.14. The molecule has 2 aromatic rings. The van der Waals surface area contributed by atoms with E-state index in [4.69, 9.17) is 20.7 Å². The summed E-state index contributed by atoms with van der Waals surface area (Å²) in [6.45, 7) is 2.38. The van der Waals surface area contributed by atoms with E-state index in [0.29, 0.717) is 5.88 Å². The van der Waals surface area contributed by atoms with Crippen LogP contribution in [0.3, 0.4) is 0 Å². The molecular formula is C24H33N7O4. The number of benzene rings is 1. The molecule has 2 rings (SSSR count). The topological polar surface area (TPSA) is 155 Å². The molecule has 0 fully saturated rings. The first-order valence-corrected chi connectivity index (χ1v) is 11.1. The Kier molecular flexibility index (Phi) is 10.8. The average molecular weight is 484 g/mol. The fourth-order valence-electron chi connectivity index (χ4n) is 3.17. The number of nitrogens with two attached hydrogens (primary N) is 1. The minimum atomic E-state index is -0.553. The molecule has 0 bridgehead atoms. The minimum absolute atomic E-state index is 0.0973. The number of nitrogens with one attached hydrogen (secondary N) is 3. The van der Waals surface area contributed by atoms with Crippen LogP contribution in [0.25, 0.3) is 0 Å². The summed E-state index contributed by atoms with van der Waals surface area (Å²) in [4.78, 5) is 33.1. The molecule has 2 amide bonds. The Labute approximate surface area is 205 Å². The second-order valence-electron chi connectivity index (χ2n) is 7.57. The summed E-state index contributed by atoms with van der Waals surface area (Å²) in [5.41, 5.74) is 2.09. The number of pyridine rings is 1. The third kappa shape index (κ3) is 8.16. The summed E-state index contributed by atoms with van der Waals surface area (Å²) >= 11 is 0. The van der Waals surface area contributed by atoms with Gasteiger partial charge >= 0.3 is 0 Å². The molecule has 11 heteroatoms. The first-order chi connectivity index (χ1) is 16.8. The molecule has 1 aromatic heterocycles. The number of rotatable bonds is 13. The number of hydrogen-bond donors (Lipinski definition) is 4. The van der Waals surface area contributed by atoms with Crippen molar-refractivity contribution in [2.45, 2.75) is 19.4 Å². The number of hydrazine groups is 1. The Hall–Kier alpha value is -3.83. The molecule has 35 heavy (non-hydrogen) atoms. The van der Waals surface area contributed by atoms with Crippen LogP contribution in [0.5, 0.6) is 11.8 Å². The molecule has 0 aliphatic heterocycles. The van der Waals surface area contributed by atoms with Gasteiger partial charge in [0.15, 0.2) is 0 Å². The van der Waals surface area contributed by atoms with Crippen molar-refractivity contribution in [3.63, 3.8) is 0 Å². The van der Waals surface area contributed by atoms with E-state index in [-0.39, 0.29) is 36.8 Å². The quantitative estimate of drug-likeness (QED) is 0.189. The van der Waals surface area contributed by atoms with Crippen molar-refractivity contribution in [1.29, 1.82) is 5.41 Å². The van der Waals surface area contributed by atoms with Crippen LogP contribution >= 0.6 is 0 Å². The molecule has 1 aromatic carbocycles. The van der Waals surface area contributed by atoms with Gasteiger partial charge in [0.1, 0.15) is 11.3 Å². The maximum Gasteiger partial charge on any atom is 0.267 e. The van der Waals surface area contributed by atoms with E-state index in [2.05, 4.69) is 27.5 Å². The van der Waals surface area contributed by atoms with Gasteiger partial charge in [-0.1, -0.05) is 31.2 Å². The first-order valence-electron chi connectivity index (χ1n) is 11.1. The fraction of sp³-hybridized carbons (Fsp3) is 0.375. The number of carbonyl (C=O) groups is 2. The van der Waals surface area contributed by atoms with Gasteiger partial charge in [-0.15, -0.1) is 0 Å². The third-order valence-electron chi connectivity index (χ3n) is 5.13. The van der Waals surface area contributed by atoms with Crippen molar-refractivity contribution in [2.75, 3.05) is 40.9 Å². The Morgan fingerprint density at radius 1 is 1.20 bits per heavy atom. The maximum atomic E-state index is 12.6. The highest BCUT2D eigenvalue weighted by Gasteiger charge is 2.18. The van der Waals surface area contributed by atoms with E-state index in [0.717, 1.165) is 12.0 Å². The normalized spacial score (nSPS) is 11.8. The summed E-state index contributed by atoms with van der Waals surface area (Å²) in [6, 6.07) is 10.5. The monoisotopic (exact) mass is 483 g/mol. The van der Waals surface area contributed by atoms with Gasteiger partial charge in [0.05, 0.1) is 26.8 Å². The molecule has 0 radical (unpaired) electrons. The SMILES string of the molecule is CCc1ccc(C(C=NC)NC(=O)C(=N)CN(N)CCNC(=O)c2ccc(OC)nc2OC)cc1. The molecule has 1 unspecified atom stereocenters. The molecule has 1 heterocycles. The van der Waals surface area contributed by atoms with Crippen molar-refractivity contribution in [3.05, 3.63) is 53.1 Å². The van der Waals surface area contributed by atoms with Gasteiger partial charge in [0.25, 0.3) is 11.8 Å². The van der Waals surface area contributed by atoms with Gasteiger partial charge in [-0.25, -0.2) is 5.01 Å². The van der Waals surface area contributed by atoms with Crippen molar-refractivity contribution in [2.24, 2.45) is 10.8 Å². The largest absolute Gasteiger partial charge is 0.481 e. The number of carbonyl (C=O) groups excluding carboxylic acids is 2.